The van der Waals surface area contributed by atoms with Crippen molar-refractivity contribution >= 4 is 22.6 Å². The third-order valence-corrected chi connectivity index (χ3v) is 5.38. The molecule has 4 aromatic carbocycles. The highest BCUT2D eigenvalue weighted by atomic mass is 16.5. The second kappa shape index (κ2) is 8.81. The minimum atomic E-state index is 0.821. The second-order valence-electron chi connectivity index (χ2n) is 7.42. The zero-order chi connectivity index (χ0) is 21.8. The maximum absolute atomic E-state index is 5.38. The molecule has 0 bridgehead atoms. The van der Waals surface area contributed by atoms with Gasteiger partial charge in [0.25, 0.3) is 0 Å². The number of fused-ring (bicyclic) bond motifs is 1. The van der Waals surface area contributed by atoms with Gasteiger partial charge in [-0.2, -0.15) is 5.10 Å². The van der Waals surface area contributed by atoms with Crippen LogP contribution in [0.1, 0.15) is 16.8 Å². The van der Waals surface area contributed by atoms with E-state index in [4.69, 9.17) is 9.84 Å². The Hall–Kier alpha value is -4.33. The lowest BCUT2D eigenvalue weighted by Gasteiger charge is -2.11. The molecule has 3 heteroatoms. The van der Waals surface area contributed by atoms with Gasteiger partial charge in [0.1, 0.15) is 5.75 Å². The molecule has 0 saturated heterocycles. The highest BCUT2D eigenvalue weighted by Crippen LogP contribution is 2.32. The molecule has 1 heterocycles. The number of aromatic nitrogens is 2. The molecule has 1 aromatic heterocycles. The zero-order valence-electron chi connectivity index (χ0n) is 17.8. The molecular weight excluding hydrogens is 392 g/mol. The maximum Gasteiger partial charge on any atom is 0.118 e. The average Bonchev–Trinajstić information content (AvgIpc) is 3.25. The lowest BCUT2D eigenvalue weighted by molar-refractivity contribution is 0.415. The van der Waals surface area contributed by atoms with Crippen LogP contribution in [0.4, 0.5) is 0 Å². The molecule has 0 fully saturated rings. The van der Waals surface area contributed by atoms with Crippen LogP contribution in [0.25, 0.3) is 28.2 Å². The second-order valence-corrected chi connectivity index (χ2v) is 7.42. The summed E-state index contributed by atoms with van der Waals surface area (Å²) in [5, 5.41) is 6.02. The lowest BCUT2D eigenvalue weighted by Crippen LogP contribution is -2.02. The molecule has 0 N–H and O–H groups in total. The van der Waals surface area contributed by atoms with E-state index in [1.165, 1.54) is 0 Å². The van der Waals surface area contributed by atoms with Gasteiger partial charge in [0.15, 0.2) is 0 Å². The molecule has 5 rings (SSSR count). The van der Waals surface area contributed by atoms with Crippen molar-refractivity contribution in [2.45, 2.75) is 0 Å². The smallest absolute Gasteiger partial charge is 0.118 e. The summed E-state index contributed by atoms with van der Waals surface area (Å²) in [7, 11) is 1.68. The number of rotatable bonds is 5. The number of para-hydroxylation sites is 1. The monoisotopic (exact) mass is 414 g/mol. The number of hydrogen-bond donors (Lipinski definition) is 0. The van der Waals surface area contributed by atoms with Gasteiger partial charge in [-0.3, -0.25) is 0 Å². The summed E-state index contributed by atoms with van der Waals surface area (Å²) in [5.41, 5.74) is 9.64. The Kier molecular flexibility index (Phi) is 5.40. The summed E-state index contributed by atoms with van der Waals surface area (Å²) < 4.78 is 7.39. The van der Waals surface area contributed by atoms with Crippen molar-refractivity contribution in [1.29, 1.82) is 0 Å². The Balaban J connectivity index is 1.81. The molecule has 32 heavy (non-hydrogen) atoms. The van der Waals surface area contributed by atoms with Crippen molar-refractivity contribution in [1.82, 2.24) is 9.78 Å². The van der Waals surface area contributed by atoms with Gasteiger partial charge in [-0.25, -0.2) is 4.68 Å². The SMILES string of the molecule is COc1ccc(C(=C=Cc2ccccc2)c2c3ccccc3nn2-c2ccccc2)cc1. The van der Waals surface area contributed by atoms with Crippen molar-refractivity contribution in [3.8, 4) is 11.4 Å². The highest BCUT2D eigenvalue weighted by Gasteiger charge is 2.18. The Morgan fingerprint density at radius 1 is 0.781 bits per heavy atom. The fourth-order valence-corrected chi connectivity index (χ4v) is 3.78. The van der Waals surface area contributed by atoms with E-state index in [1.54, 1.807) is 7.11 Å². The molecule has 3 nitrogen and oxygen atoms in total. The molecule has 154 valence electrons. The predicted octanol–water partition coefficient (Wildman–Crippen LogP) is 6.78. The molecule has 5 aromatic rings. The van der Waals surface area contributed by atoms with Gasteiger partial charge >= 0.3 is 0 Å². The van der Waals surface area contributed by atoms with Crippen LogP contribution in [0.3, 0.4) is 0 Å². The first kappa shape index (κ1) is 19.6. The van der Waals surface area contributed by atoms with E-state index in [2.05, 4.69) is 54.3 Å². The largest absolute Gasteiger partial charge is 0.497 e. The Bertz CT molecular complexity index is 1410. The van der Waals surface area contributed by atoms with Gasteiger partial charge in [-0.15, -0.1) is 5.73 Å². The van der Waals surface area contributed by atoms with Crippen LogP contribution >= 0.6 is 0 Å². The molecule has 0 aliphatic heterocycles. The Labute approximate surface area is 187 Å². The van der Waals surface area contributed by atoms with E-state index in [-0.39, 0.29) is 0 Å². The molecule has 0 unspecified atom stereocenters. The lowest BCUT2D eigenvalue weighted by atomic mass is 9.99. The highest BCUT2D eigenvalue weighted by molar-refractivity contribution is 5.96. The normalized spacial score (nSPS) is 10.5. The molecule has 0 amide bonds. The third-order valence-electron chi connectivity index (χ3n) is 5.38. The van der Waals surface area contributed by atoms with E-state index in [0.29, 0.717) is 0 Å². The predicted molar refractivity (Wildman–Crippen MR) is 131 cm³/mol. The van der Waals surface area contributed by atoms with Crippen molar-refractivity contribution in [3.63, 3.8) is 0 Å². The zero-order valence-corrected chi connectivity index (χ0v) is 17.8. The summed E-state index contributed by atoms with van der Waals surface area (Å²) in [6.07, 6.45) is 2.02. The first-order valence-electron chi connectivity index (χ1n) is 10.5. The maximum atomic E-state index is 5.38. The fraction of sp³-hybridized carbons (Fsp3) is 0.0345. The minimum absolute atomic E-state index is 0.821. The molecule has 0 saturated carbocycles. The first-order valence-corrected chi connectivity index (χ1v) is 10.5. The Morgan fingerprint density at radius 3 is 2.16 bits per heavy atom. The summed E-state index contributed by atoms with van der Waals surface area (Å²) in [4.78, 5) is 0. The van der Waals surface area contributed by atoms with Crippen molar-refractivity contribution < 1.29 is 4.74 Å². The first-order chi connectivity index (χ1) is 15.8. The van der Waals surface area contributed by atoms with Crippen LogP contribution < -0.4 is 4.74 Å². The van der Waals surface area contributed by atoms with E-state index in [9.17, 15) is 0 Å². The number of methoxy groups -OCH3 is 1. The average molecular weight is 415 g/mol. The van der Waals surface area contributed by atoms with Crippen LogP contribution in [-0.4, -0.2) is 16.9 Å². The van der Waals surface area contributed by atoms with E-state index in [0.717, 1.165) is 44.7 Å². The number of nitrogens with zero attached hydrogens (tertiary/aromatic N) is 2. The minimum Gasteiger partial charge on any atom is -0.497 e. The van der Waals surface area contributed by atoms with Gasteiger partial charge in [0.2, 0.25) is 0 Å². The summed E-state index contributed by atoms with van der Waals surface area (Å²) in [6, 6.07) is 36.8. The topological polar surface area (TPSA) is 27.1 Å². The molecule has 0 radical (unpaired) electrons. The molecule has 0 spiro atoms. The molecule has 0 aliphatic rings. The number of hydrogen-bond acceptors (Lipinski definition) is 2. The molecule has 0 aliphatic carbocycles. The summed E-state index contributed by atoms with van der Waals surface area (Å²) in [6.45, 7) is 0. The van der Waals surface area contributed by atoms with Crippen LogP contribution in [-0.2, 0) is 0 Å². The van der Waals surface area contributed by atoms with Gasteiger partial charge in [-0.05, 0) is 59.7 Å². The molecule has 0 atom stereocenters. The Morgan fingerprint density at radius 2 is 1.44 bits per heavy atom. The van der Waals surface area contributed by atoms with Gasteiger partial charge < -0.3 is 4.74 Å². The van der Waals surface area contributed by atoms with Crippen LogP contribution in [0.2, 0.25) is 0 Å². The van der Waals surface area contributed by atoms with E-state index >= 15 is 0 Å². The number of benzene rings is 4. The summed E-state index contributed by atoms with van der Waals surface area (Å²) >= 11 is 0. The summed E-state index contributed by atoms with van der Waals surface area (Å²) in [5.74, 6) is 0.821. The number of ether oxygens (including phenoxy) is 1. The third kappa shape index (κ3) is 3.85. The van der Waals surface area contributed by atoms with Gasteiger partial charge in [0.05, 0.1) is 29.6 Å². The van der Waals surface area contributed by atoms with Crippen molar-refractivity contribution in [3.05, 3.63) is 132 Å². The van der Waals surface area contributed by atoms with Crippen molar-refractivity contribution in [2.75, 3.05) is 7.11 Å². The van der Waals surface area contributed by atoms with Crippen LogP contribution in [0.15, 0.2) is 115 Å². The van der Waals surface area contributed by atoms with Gasteiger partial charge in [0, 0.05) is 5.39 Å². The van der Waals surface area contributed by atoms with Crippen LogP contribution in [0.5, 0.6) is 5.75 Å². The van der Waals surface area contributed by atoms with Gasteiger partial charge in [-0.1, -0.05) is 66.7 Å². The van der Waals surface area contributed by atoms with Crippen LogP contribution in [0, 0.1) is 0 Å². The quantitative estimate of drug-likeness (QED) is 0.297. The fourth-order valence-electron chi connectivity index (χ4n) is 3.78. The van der Waals surface area contributed by atoms with E-state index < -0.39 is 0 Å². The van der Waals surface area contributed by atoms with E-state index in [1.807, 2.05) is 71.4 Å². The molecular formula is C29H22N2O. The standard InChI is InChI=1S/C29H22N2O/c1-32-25-19-17-23(18-20-25)26(21-16-22-10-4-2-5-11-22)29-27-14-8-9-15-28(27)30-31(29)24-12-6-3-7-13-24/h2-20H,1H3. The van der Waals surface area contributed by atoms with Crippen molar-refractivity contribution in [2.24, 2.45) is 0 Å².